The fourth-order valence-electron chi connectivity index (χ4n) is 3.56. The molecule has 10 heteroatoms. The average Bonchev–Trinajstić information content (AvgIpc) is 2.69. The lowest BCUT2D eigenvalue weighted by Gasteiger charge is -2.44. The summed E-state index contributed by atoms with van der Waals surface area (Å²) in [5.41, 5.74) is 1.02. The van der Waals surface area contributed by atoms with Gasteiger partial charge in [-0.1, -0.05) is 32.9 Å². The zero-order valence-electron chi connectivity index (χ0n) is 20.6. The van der Waals surface area contributed by atoms with Crippen LogP contribution in [0.1, 0.15) is 54.0 Å². The molecule has 1 heterocycles. The molecule has 0 aromatic heterocycles. The van der Waals surface area contributed by atoms with Crippen LogP contribution in [0, 0.1) is 0 Å². The Morgan fingerprint density at radius 1 is 0.882 bits per heavy atom. The van der Waals surface area contributed by atoms with Crippen LogP contribution in [0.5, 0.6) is 5.75 Å². The second-order valence-electron chi connectivity index (χ2n) is 9.11. The van der Waals surface area contributed by atoms with Gasteiger partial charge in [-0.15, -0.1) is 0 Å². The van der Waals surface area contributed by atoms with Crippen LogP contribution in [0.3, 0.4) is 0 Å². The largest absolute Gasteiger partial charge is 0.463 e. The van der Waals surface area contributed by atoms with Gasteiger partial charge in [0.1, 0.15) is 24.5 Å². The zero-order valence-corrected chi connectivity index (χ0v) is 20.6. The van der Waals surface area contributed by atoms with Gasteiger partial charge < -0.3 is 29.0 Å². The highest BCUT2D eigenvalue weighted by molar-refractivity contribution is 5.73. The Labute approximate surface area is 199 Å². The van der Waals surface area contributed by atoms with E-state index in [1.165, 1.54) is 27.7 Å². The predicted octanol–water partition coefficient (Wildman–Crippen LogP) is 2.02. The standard InChI is InChI=1S/C24H33NO9/c1-13(26)25-20-22(32-16(4)29)21(31-15(3)28)19(12-30-14(2)27)34-23(20)33-18-10-8-17(9-11-18)24(5,6)7/h8-11,19-23H,12H2,1-7H3,(H,25,26)/t19-,20+,21-,22-,23-/m1/s1. The van der Waals surface area contributed by atoms with E-state index in [1.807, 2.05) is 12.1 Å². The van der Waals surface area contributed by atoms with Crippen LogP contribution in [0.25, 0.3) is 0 Å². The van der Waals surface area contributed by atoms with Crippen LogP contribution in [0.15, 0.2) is 24.3 Å². The Morgan fingerprint density at radius 2 is 1.44 bits per heavy atom. The normalized spacial score (nSPS) is 24.5. The molecule has 5 atom stereocenters. The average molecular weight is 480 g/mol. The third kappa shape index (κ3) is 7.72. The summed E-state index contributed by atoms with van der Waals surface area (Å²) >= 11 is 0. The number of hydrogen-bond donors (Lipinski definition) is 1. The number of esters is 3. The lowest BCUT2D eigenvalue weighted by Crippen LogP contribution is -2.67. The van der Waals surface area contributed by atoms with Gasteiger partial charge in [0.2, 0.25) is 12.2 Å². The Balaban J connectivity index is 2.43. The lowest BCUT2D eigenvalue weighted by molar-refractivity contribution is -0.257. The van der Waals surface area contributed by atoms with Crippen molar-refractivity contribution in [1.29, 1.82) is 0 Å². The first-order valence-electron chi connectivity index (χ1n) is 11.0. The zero-order chi connectivity index (χ0) is 25.6. The molecule has 0 spiro atoms. The summed E-state index contributed by atoms with van der Waals surface area (Å²) in [5, 5.41) is 2.67. The van der Waals surface area contributed by atoms with Gasteiger partial charge in [-0.2, -0.15) is 0 Å². The van der Waals surface area contributed by atoms with Gasteiger partial charge in [0.05, 0.1) is 0 Å². The van der Waals surface area contributed by atoms with Crippen LogP contribution < -0.4 is 10.1 Å². The Morgan fingerprint density at radius 3 is 1.91 bits per heavy atom. The van der Waals surface area contributed by atoms with Gasteiger partial charge in [-0.3, -0.25) is 19.2 Å². The van der Waals surface area contributed by atoms with Crippen LogP contribution in [-0.2, 0) is 43.5 Å². The molecule has 0 saturated carbocycles. The minimum Gasteiger partial charge on any atom is -0.463 e. The number of hydrogen-bond acceptors (Lipinski definition) is 9. The maximum Gasteiger partial charge on any atom is 0.303 e. The van der Waals surface area contributed by atoms with Crippen molar-refractivity contribution in [3.8, 4) is 5.75 Å². The van der Waals surface area contributed by atoms with E-state index in [2.05, 4.69) is 26.1 Å². The summed E-state index contributed by atoms with van der Waals surface area (Å²) in [5.74, 6) is -1.92. The van der Waals surface area contributed by atoms with Crippen LogP contribution in [-0.4, -0.2) is 61.1 Å². The quantitative estimate of drug-likeness (QED) is 0.462. The fraction of sp³-hybridized carbons (Fsp3) is 0.583. The summed E-state index contributed by atoms with van der Waals surface area (Å²) in [6.07, 6.45) is -4.51. The highest BCUT2D eigenvalue weighted by Gasteiger charge is 2.51. The minimum atomic E-state index is -1.17. The van der Waals surface area contributed by atoms with Gasteiger partial charge in [0.25, 0.3) is 0 Å². The smallest absolute Gasteiger partial charge is 0.303 e. The molecule has 10 nitrogen and oxygen atoms in total. The fourth-order valence-corrected chi connectivity index (χ4v) is 3.56. The highest BCUT2D eigenvalue weighted by atomic mass is 16.7. The van der Waals surface area contributed by atoms with E-state index in [0.717, 1.165) is 5.56 Å². The van der Waals surface area contributed by atoms with Gasteiger partial charge in [-0.05, 0) is 23.1 Å². The molecular formula is C24H33NO9. The highest BCUT2D eigenvalue weighted by Crippen LogP contribution is 2.30. The summed E-state index contributed by atoms with van der Waals surface area (Å²) in [4.78, 5) is 47.1. The first-order chi connectivity index (χ1) is 15.8. The predicted molar refractivity (Wildman–Crippen MR) is 120 cm³/mol. The molecule has 1 fully saturated rings. The van der Waals surface area contributed by atoms with Crippen molar-refractivity contribution in [2.75, 3.05) is 6.61 Å². The Hall–Kier alpha value is -3.14. The van der Waals surface area contributed by atoms with E-state index in [-0.39, 0.29) is 12.0 Å². The molecule has 1 saturated heterocycles. The van der Waals surface area contributed by atoms with Gasteiger partial charge in [0.15, 0.2) is 12.2 Å². The first-order valence-corrected chi connectivity index (χ1v) is 11.0. The second-order valence-corrected chi connectivity index (χ2v) is 9.11. The van der Waals surface area contributed by atoms with Gasteiger partial charge >= 0.3 is 17.9 Å². The van der Waals surface area contributed by atoms with E-state index >= 15 is 0 Å². The number of nitrogens with one attached hydrogen (secondary N) is 1. The second kappa shape index (κ2) is 11.3. The molecule has 34 heavy (non-hydrogen) atoms. The summed E-state index contributed by atoms with van der Waals surface area (Å²) in [6, 6.07) is 6.31. The van der Waals surface area contributed by atoms with Crippen LogP contribution in [0.2, 0.25) is 0 Å². The summed E-state index contributed by atoms with van der Waals surface area (Å²) in [7, 11) is 0. The third-order valence-corrected chi connectivity index (χ3v) is 5.04. The molecule has 1 N–H and O–H groups in total. The number of carbonyl (C=O) groups excluding carboxylic acids is 4. The van der Waals surface area contributed by atoms with E-state index < -0.39 is 54.5 Å². The number of carbonyl (C=O) groups is 4. The van der Waals surface area contributed by atoms with E-state index in [9.17, 15) is 19.2 Å². The molecule has 0 unspecified atom stereocenters. The monoisotopic (exact) mass is 479 g/mol. The molecule has 1 aromatic rings. The molecule has 0 aliphatic carbocycles. The van der Waals surface area contributed by atoms with Crippen molar-refractivity contribution in [3.05, 3.63) is 29.8 Å². The van der Waals surface area contributed by atoms with Crippen molar-refractivity contribution in [1.82, 2.24) is 5.32 Å². The summed E-state index contributed by atoms with van der Waals surface area (Å²) < 4.78 is 27.9. The Kier molecular flexibility index (Phi) is 9.03. The van der Waals surface area contributed by atoms with Crippen molar-refractivity contribution in [2.45, 2.75) is 84.5 Å². The third-order valence-electron chi connectivity index (χ3n) is 5.04. The molecule has 1 aliphatic heterocycles. The molecular weight excluding hydrogens is 446 g/mol. The maximum atomic E-state index is 12.0. The SMILES string of the molecule is CC(=O)N[C@@H]1[C@H](Oc2ccc(C(C)(C)C)cc2)O[C@H](COC(C)=O)[C@@H](OC(C)=O)[C@@H]1OC(C)=O. The molecule has 1 aromatic carbocycles. The van der Waals surface area contributed by atoms with Crippen LogP contribution >= 0.6 is 0 Å². The van der Waals surface area contributed by atoms with Crippen molar-refractivity contribution in [3.63, 3.8) is 0 Å². The molecule has 1 aliphatic rings. The van der Waals surface area contributed by atoms with Crippen LogP contribution in [0.4, 0.5) is 0 Å². The van der Waals surface area contributed by atoms with Crippen molar-refractivity contribution < 1.29 is 42.9 Å². The minimum absolute atomic E-state index is 0.0641. The molecule has 0 bridgehead atoms. The number of benzene rings is 1. The van der Waals surface area contributed by atoms with E-state index in [4.69, 9.17) is 23.7 Å². The Bertz CT molecular complexity index is 891. The number of ether oxygens (including phenoxy) is 5. The lowest BCUT2D eigenvalue weighted by atomic mass is 9.87. The topological polar surface area (TPSA) is 126 Å². The summed E-state index contributed by atoms with van der Waals surface area (Å²) in [6.45, 7) is 10.8. The maximum absolute atomic E-state index is 12.0. The molecule has 188 valence electrons. The first kappa shape index (κ1) is 27.1. The molecule has 2 rings (SSSR count). The van der Waals surface area contributed by atoms with Crippen molar-refractivity contribution in [2.24, 2.45) is 0 Å². The van der Waals surface area contributed by atoms with E-state index in [0.29, 0.717) is 5.75 Å². The molecule has 1 amide bonds. The van der Waals surface area contributed by atoms with Crippen molar-refractivity contribution >= 4 is 23.8 Å². The number of rotatable bonds is 7. The number of amides is 1. The van der Waals surface area contributed by atoms with Gasteiger partial charge in [0, 0.05) is 27.7 Å². The van der Waals surface area contributed by atoms with E-state index in [1.54, 1.807) is 12.1 Å². The van der Waals surface area contributed by atoms with Gasteiger partial charge in [-0.25, -0.2) is 0 Å². The molecule has 0 radical (unpaired) electrons.